The van der Waals surface area contributed by atoms with Gasteiger partial charge in [-0.3, -0.25) is 4.90 Å². The third-order valence-electron chi connectivity index (χ3n) is 4.47. The van der Waals surface area contributed by atoms with Crippen molar-refractivity contribution in [1.29, 1.82) is 0 Å². The fourth-order valence-corrected chi connectivity index (χ4v) is 3.17. The van der Waals surface area contributed by atoms with Crippen molar-refractivity contribution in [2.45, 2.75) is 45.0 Å². The van der Waals surface area contributed by atoms with Crippen molar-refractivity contribution in [3.05, 3.63) is 34.9 Å². The van der Waals surface area contributed by atoms with Crippen LogP contribution < -0.4 is 0 Å². The lowest BCUT2D eigenvalue weighted by Crippen LogP contribution is -2.44. The first-order valence-corrected chi connectivity index (χ1v) is 7.25. The zero-order valence-corrected chi connectivity index (χ0v) is 11.8. The van der Waals surface area contributed by atoms with Crippen LogP contribution in [0.3, 0.4) is 0 Å². The van der Waals surface area contributed by atoms with E-state index in [1.807, 2.05) is 6.07 Å². The third kappa shape index (κ3) is 2.83. The third-order valence-corrected chi connectivity index (χ3v) is 4.47. The molecular weight excluding hydrogens is 238 g/mol. The molecule has 0 spiro atoms. The Kier molecular flexibility index (Phi) is 3.61. The molecule has 2 fully saturated rings. The molecular formula is C16H23NO2. The molecule has 1 aromatic carbocycles. The minimum Gasteiger partial charge on any atom is -0.387 e. The normalized spacial score (nSPS) is 28.6. The van der Waals surface area contributed by atoms with Crippen molar-refractivity contribution in [2.75, 3.05) is 19.6 Å². The molecule has 0 saturated carbocycles. The molecule has 104 valence electrons. The van der Waals surface area contributed by atoms with Gasteiger partial charge in [-0.15, -0.1) is 0 Å². The second kappa shape index (κ2) is 5.23. The highest BCUT2D eigenvalue weighted by molar-refractivity contribution is 5.31. The first-order chi connectivity index (χ1) is 9.11. The summed E-state index contributed by atoms with van der Waals surface area (Å²) in [5, 5.41) is 10.4. The number of likely N-dealkylation sites (tertiary alicyclic amines) is 1. The Morgan fingerprint density at radius 2 is 1.89 bits per heavy atom. The monoisotopic (exact) mass is 261 g/mol. The lowest BCUT2D eigenvalue weighted by atomic mass is 10.0. The van der Waals surface area contributed by atoms with Crippen LogP contribution >= 0.6 is 0 Å². The van der Waals surface area contributed by atoms with Gasteiger partial charge < -0.3 is 9.84 Å². The van der Waals surface area contributed by atoms with E-state index in [1.54, 1.807) is 0 Å². The number of aliphatic hydroxyl groups is 1. The average molecular weight is 261 g/mol. The van der Waals surface area contributed by atoms with Crippen LogP contribution in [0.25, 0.3) is 0 Å². The van der Waals surface area contributed by atoms with Crippen molar-refractivity contribution in [2.24, 2.45) is 0 Å². The quantitative estimate of drug-likeness (QED) is 0.905. The van der Waals surface area contributed by atoms with Gasteiger partial charge in [-0.1, -0.05) is 18.2 Å². The molecule has 2 aliphatic rings. The lowest BCUT2D eigenvalue weighted by molar-refractivity contribution is -0.0497. The number of benzene rings is 1. The molecule has 0 amide bonds. The molecule has 3 nitrogen and oxygen atoms in total. The Balaban J connectivity index is 1.64. The van der Waals surface area contributed by atoms with Crippen LogP contribution in [0.4, 0.5) is 0 Å². The Bertz CT molecular complexity index is 448. The number of rotatable bonds is 3. The summed E-state index contributed by atoms with van der Waals surface area (Å²) in [6.45, 7) is 6.86. The van der Waals surface area contributed by atoms with E-state index in [0.717, 1.165) is 25.2 Å². The summed E-state index contributed by atoms with van der Waals surface area (Å²) in [5.41, 5.74) is 3.56. The van der Waals surface area contributed by atoms with E-state index in [9.17, 15) is 5.11 Å². The predicted molar refractivity (Wildman–Crippen MR) is 75.2 cm³/mol. The molecule has 2 heterocycles. The molecule has 1 aromatic rings. The maximum atomic E-state index is 10.4. The summed E-state index contributed by atoms with van der Waals surface area (Å²) in [5.74, 6) is 0. The molecule has 0 aromatic heterocycles. The lowest BCUT2D eigenvalue weighted by Gasteiger charge is -2.33. The summed E-state index contributed by atoms with van der Waals surface area (Å²) in [4.78, 5) is 2.35. The van der Waals surface area contributed by atoms with Crippen LogP contribution in [0, 0.1) is 13.8 Å². The molecule has 3 atom stereocenters. The molecule has 3 unspecified atom stereocenters. The van der Waals surface area contributed by atoms with Crippen LogP contribution in [0.5, 0.6) is 0 Å². The summed E-state index contributed by atoms with van der Waals surface area (Å²) < 4.78 is 5.83. The van der Waals surface area contributed by atoms with E-state index in [4.69, 9.17) is 4.74 Å². The zero-order valence-electron chi connectivity index (χ0n) is 11.8. The largest absolute Gasteiger partial charge is 0.387 e. The Morgan fingerprint density at radius 1 is 1.21 bits per heavy atom. The van der Waals surface area contributed by atoms with Gasteiger partial charge in [0.25, 0.3) is 0 Å². The first kappa shape index (κ1) is 13.1. The van der Waals surface area contributed by atoms with E-state index in [2.05, 4.69) is 30.9 Å². The topological polar surface area (TPSA) is 32.7 Å². The maximum absolute atomic E-state index is 10.4. The summed E-state index contributed by atoms with van der Waals surface area (Å²) in [7, 11) is 0. The van der Waals surface area contributed by atoms with Gasteiger partial charge in [0.2, 0.25) is 0 Å². The van der Waals surface area contributed by atoms with E-state index in [0.29, 0.717) is 12.2 Å². The van der Waals surface area contributed by atoms with Crippen LogP contribution in [-0.2, 0) is 4.74 Å². The number of aryl methyl sites for hydroxylation is 2. The number of ether oxygens (including phenoxy) is 1. The number of β-amino-alcohol motifs (C(OH)–C–C–N with tert-alkyl or cyclic N) is 1. The van der Waals surface area contributed by atoms with Crippen molar-refractivity contribution in [1.82, 2.24) is 4.90 Å². The van der Waals surface area contributed by atoms with Crippen LogP contribution in [0.2, 0.25) is 0 Å². The van der Waals surface area contributed by atoms with Crippen LogP contribution in [-0.4, -0.2) is 41.8 Å². The highest BCUT2D eigenvalue weighted by atomic mass is 16.5. The number of hydrogen-bond acceptors (Lipinski definition) is 3. The molecule has 1 N–H and O–H groups in total. The molecule has 2 saturated heterocycles. The molecule has 2 bridgehead atoms. The van der Waals surface area contributed by atoms with Crippen molar-refractivity contribution in [3.63, 3.8) is 0 Å². The van der Waals surface area contributed by atoms with Gasteiger partial charge in [0.05, 0.1) is 18.3 Å². The maximum Gasteiger partial charge on any atom is 0.0917 e. The summed E-state index contributed by atoms with van der Waals surface area (Å²) in [6.07, 6.45) is 2.76. The van der Waals surface area contributed by atoms with Crippen molar-refractivity contribution in [3.8, 4) is 0 Å². The van der Waals surface area contributed by atoms with Gasteiger partial charge in [-0.25, -0.2) is 0 Å². The number of hydrogen-bond donors (Lipinski definition) is 1. The molecule has 19 heavy (non-hydrogen) atoms. The van der Waals surface area contributed by atoms with E-state index in [1.165, 1.54) is 24.0 Å². The highest BCUT2D eigenvalue weighted by Gasteiger charge is 2.34. The van der Waals surface area contributed by atoms with Crippen LogP contribution in [0.1, 0.15) is 35.6 Å². The first-order valence-electron chi connectivity index (χ1n) is 7.25. The predicted octanol–water partition coefficient (Wildman–Crippen LogP) is 2.20. The Morgan fingerprint density at radius 3 is 2.53 bits per heavy atom. The number of nitrogens with zero attached hydrogens (tertiary/aromatic N) is 1. The molecule has 0 aliphatic carbocycles. The van der Waals surface area contributed by atoms with E-state index in [-0.39, 0.29) is 0 Å². The molecule has 3 rings (SSSR count). The second-order valence-electron chi connectivity index (χ2n) is 6.04. The summed E-state index contributed by atoms with van der Waals surface area (Å²) in [6, 6.07) is 6.24. The van der Waals surface area contributed by atoms with Crippen LogP contribution in [0.15, 0.2) is 18.2 Å². The second-order valence-corrected chi connectivity index (χ2v) is 6.04. The highest BCUT2D eigenvalue weighted by Crippen LogP contribution is 2.27. The zero-order chi connectivity index (χ0) is 13.4. The number of aliphatic hydroxyl groups excluding tert-OH is 1. The fourth-order valence-electron chi connectivity index (χ4n) is 3.17. The van der Waals surface area contributed by atoms with Crippen molar-refractivity contribution < 1.29 is 9.84 Å². The SMILES string of the molecule is Cc1ccc(C(O)CN2CC3CCC(C2)O3)cc1C. The van der Waals surface area contributed by atoms with Crippen molar-refractivity contribution >= 4 is 0 Å². The van der Waals surface area contributed by atoms with E-state index < -0.39 is 6.10 Å². The average Bonchev–Trinajstić information content (AvgIpc) is 2.72. The summed E-state index contributed by atoms with van der Waals surface area (Å²) >= 11 is 0. The van der Waals surface area contributed by atoms with E-state index >= 15 is 0 Å². The molecule has 3 heteroatoms. The van der Waals surface area contributed by atoms with Gasteiger partial charge in [0, 0.05) is 19.6 Å². The minimum atomic E-state index is -0.392. The van der Waals surface area contributed by atoms with Gasteiger partial charge in [0.1, 0.15) is 0 Å². The minimum absolute atomic E-state index is 0.392. The fraction of sp³-hybridized carbons (Fsp3) is 0.625. The number of fused-ring (bicyclic) bond motifs is 2. The standard InChI is InChI=1S/C16H23NO2/c1-11-3-4-13(7-12(11)2)16(18)10-17-8-14-5-6-15(9-17)19-14/h3-4,7,14-16,18H,5-6,8-10H2,1-2H3. The Hall–Kier alpha value is -0.900. The number of morpholine rings is 1. The molecule has 0 radical (unpaired) electrons. The van der Waals surface area contributed by atoms with Gasteiger partial charge in [0.15, 0.2) is 0 Å². The van der Waals surface area contributed by atoms with Gasteiger partial charge in [-0.2, -0.15) is 0 Å². The smallest absolute Gasteiger partial charge is 0.0917 e. The van der Waals surface area contributed by atoms with Gasteiger partial charge in [-0.05, 0) is 43.4 Å². The molecule has 2 aliphatic heterocycles. The Labute approximate surface area is 115 Å². The van der Waals surface area contributed by atoms with Gasteiger partial charge >= 0.3 is 0 Å².